The molecule has 0 fully saturated rings. The van der Waals surface area contributed by atoms with Crippen molar-refractivity contribution in [1.29, 1.82) is 0 Å². The van der Waals surface area contributed by atoms with Gasteiger partial charge in [0.1, 0.15) is 0 Å². The van der Waals surface area contributed by atoms with Crippen molar-refractivity contribution in [2.45, 2.75) is 26.1 Å². The van der Waals surface area contributed by atoms with Gasteiger partial charge in [-0.3, -0.25) is 4.79 Å². The zero-order valence-corrected chi connectivity index (χ0v) is 9.84. The molecule has 0 spiro atoms. The first kappa shape index (κ1) is 12.0. The lowest BCUT2D eigenvalue weighted by molar-refractivity contribution is 0.0924. The molecule has 15 heavy (non-hydrogen) atoms. The molecule has 1 aromatic heterocycles. The zero-order valence-electron chi connectivity index (χ0n) is 9.08. The number of nitrogens with zero attached hydrogens (tertiary/aromatic N) is 1. The van der Waals surface area contributed by atoms with Crippen LogP contribution in [0.2, 0.25) is 0 Å². The molecular formula is C10H15ClN2O2. The van der Waals surface area contributed by atoms with Crippen molar-refractivity contribution in [2.75, 3.05) is 6.54 Å². The largest absolute Gasteiger partial charge is 0.438 e. The number of nitrogens with one attached hydrogen (secondary N) is 1. The van der Waals surface area contributed by atoms with Crippen molar-refractivity contribution >= 4 is 17.5 Å². The van der Waals surface area contributed by atoms with Crippen LogP contribution in [0.1, 0.15) is 30.1 Å². The standard InChI is InChI=1S/C10H15ClN2O2/c1-6(2)8(11)4-12-10(14)9-7(3)13-5-15-9/h5-6,8H,4H2,1-3H3,(H,12,14). The van der Waals surface area contributed by atoms with Crippen LogP contribution in [0.15, 0.2) is 10.8 Å². The Morgan fingerprint density at radius 3 is 2.80 bits per heavy atom. The minimum atomic E-state index is -0.267. The molecule has 0 radical (unpaired) electrons. The number of halogens is 1. The van der Waals surface area contributed by atoms with Gasteiger partial charge in [-0.25, -0.2) is 4.98 Å². The molecule has 1 aromatic rings. The summed E-state index contributed by atoms with van der Waals surface area (Å²) in [6, 6.07) is 0. The first-order valence-electron chi connectivity index (χ1n) is 4.84. The summed E-state index contributed by atoms with van der Waals surface area (Å²) in [4.78, 5) is 15.4. The summed E-state index contributed by atoms with van der Waals surface area (Å²) in [5.74, 6) is 0.307. The van der Waals surface area contributed by atoms with Gasteiger partial charge < -0.3 is 9.73 Å². The van der Waals surface area contributed by atoms with Crippen molar-refractivity contribution < 1.29 is 9.21 Å². The molecule has 0 saturated heterocycles. The van der Waals surface area contributed by atoms with Crippen LogP contribution < -0.4 is 5.32 Å². The molecule has 1 N–H and O–H groups in total. The molecule has 1 amide bonds. The third-order valence-electron chi connectivity index (χ3n) is 2.13. The van der Waals surface area contributed by atoms with Gasteiger partial charge in [0.25, 0.3) is 5.91 Å². The number of oxazole rings is 1. The summed E-state index contributed by atoms with van der Waals surface area (Å²) in [5.41, 5.74) is 0.586. The van der Waals surface area contributed by atoms with E-state index in [1.54, 1.807) is 6.92 Å². The molecule has 0 aliphatic heterocycles. The van der Waals surface area contributed by atoms with E-state index in [9.17, 15) is 4.79 Å². The van der Waals surface area contributed by atoms with E-state index < -0.39 is 0 Å². The van der Waals surface area contributed by atoms with Gasteiger partial charge in [-0.15, -0.1) is 11.6 Å². The molecule has 84 valence electrons. The Hall–Kier alpha value is -1.03. The van der Waals surface area contributed by atoms with E-state index in [-0.39, 0.29) is 17.0 Å². The number of hydrogen-bond acceptors (Lipinski definition) is 3. The lowest BCUT2D eigenvalue weighted by Gasteiger charge is -2.13. The summed E-state index contributed by atoms with van der Waals surface area (Å²) < 4.78 is 4.95. The molecule has 0 aromatic carbocycles. The Kier molecular flexibility index (Phi) is 4.15. The molecule has 5 heteroatoms. The highest BCUT2D eigenvalue weighted by atomic mass is 35.5. The highest BCUT2D eigenvalue weighted by Gasteiger charge is 2.16. The van der Waals surface area contributed by atoms with E-state index in [2.05, 4.69) is 10.3 Å². The first-order valence-corrected chi connectivity index (χ1v) is 5.28. The fraction of sp³-hybridized carbons (Fsp3) is 0.600. The van der Waals surface area contributed by atoms with E-state index in [4.69, 9.17) is 16.0 Å². The Bertz CT molecular complexity index is 336. The SMILES string of the molecule is Cc1ncoc1C(=O)NCC(Cl)C(C)C. The van der Waals surface area contributed by atoms with Gasteiger partial charge in [-0.2, -0.15) is 0 Å². The van der Waals surface area contributed by atoms with Crippen LogP contribution in [0.5, 0.6) is 0 Å². The fourth-order valence-electron chi connectivity index (χ4n) is 1.03. The van der Waals surface area contributed by atoms with Gasteiger partial charge in [0.2, 0.25) is 5.76 Å². The highest BCUT2D eigenvalue weighted by Crippen LogP contribution is 2.09. The molecular weight excluding hydrogens is 216 g/mol. The summed E-state index contributed by atoms with van der Waals surface area (Å²) in [6.45, 7) is 6.16. The second kappa shape index (κ2) is 5.16. The minimum absolute atomic E-state index is 0.0721. The third-order valence-corrected chi connectivity index (χ3v) is 2.79. The zero-order chi connectivity index (χ0) is 11.4. The van der Waals surface area contributed by atoms with E-state index in [0.29, 0.717) is 18.2 Å². The monoisotopic (exact) mass is 230 g/mol. The van der Waals surface area contributed by atoms with Crippen LogP contribution in [0, 0.1) is 12.8 Å². The minimum Gasteiger partial charge on any atom is -0.438 e. The number of amides is 1. The molecule has 0 aliphatic rings. The lowest BCUT2D eigenvalue weighted by atomic mass is 10.1. The van der Waals surface area contributed by atoms with Crippen molar-refractivity contribution in [1.82, 2.24) is 10.3 Å². The van der Waals surface area contributed by atoms with Gasteiger partial charge >= 0.3 is 0 Å². The number of aryl methyl sites for hydroxylation is 1. The van der Waals surface area contributed by atoms with Gasteiger partial charge in [-0.1, -0.05) is 13.8 Å². The molecule has 0 bridgehead atoms. The normalized spacial score (nSPS) is 12.9. The second-order valence-electron chi connectivity index (χ2n) is 3.74. The summed E-state index contributed by atoms with van der Waals surface area (Å²) in [7, 11) is 0. The Morgan fingerprint density at radius 2 is 2.33 bits per heavy atom. The van der Waals surface area contributed by atoms with Crippen LogP contribution in [0.25, 0.3) is 0 Å². The van der Waals surface area contributed by atoms with Crippen molar-refractivity contribution in [3.63, 3.8) is 0 Å². The number of hydrogen-bond donors (Lipinski definition) is 1. The van der Waals surface area contributed by atoms with Gasteiger partial charge in [0, 0.05) is 6.54 Å². The number of carbonyl (C=O) groups is 1. The van der Waals surface area contributed by atoms with E-state index >= 15 is 0 Å². The number of alkyl halides is 1. The fourth-order valence-corrected chi connectivity index (χ4v) is 1.10. The van der Waals surface area contributed by atoms with E-state index in [1.807, 2.05) is 13.8 Å². The van der Waals surface area contributed by atoms with Crippen LogP contribution in [0.4, 0.5) is 0 Å². The molecule has 4 nitrogen and oxygen atoms in total. The van der Waals surface area contributed by atoms with Gasteiger partial charge in [-0.05, 0) is 12.8 Å². The topological polar surface area (TPSA) is 55.1 Å². The van der Waals surface area contributed by atoms with Crippen molar-refractivity contribution in [2.24, 2.45) is 5.92 Å². The predicted molar refractivity (Wildman–Crippen MR) is 58.1 cm³/mol. The van der Waals surface area contributed by atoms with Crippen molar-refractivity contribution in [3.05, 3.63) is 17.8 Å². The van der Waals surface area contributed by atoms with Crippen LogP contribution >= 0.6 is 11.6 Å². The van der Waals surface area contributed by atoms with Gasteiger partial charge in [0.05, 0.1) is 11.1 Å². The van der Waals surface area contributed by atoms with Crippen LogP contribution in [0.3, 0.4) is 0 Å². The average Bonchev–Trinajstić information content (AvgIpc) is 2.60. The molecule has 1 heterocycles. The summed E-state index contributed by atoms with van der Waals surface area (Å²) in [5, 5.41) is 2.63. The Labute approximate surface area is 94.0 Å². The summed E-state index contributed by atoms with van der Waals surface area (Å²) >= 11 is 6.00. The van der Waals surface area contributed by atoms with Crippen molar-refractivity contribution in [3.8, 4) is 0 Å². The summed E-state index contributed by atoms with van der Waals surface area (Å²) in [6.07, 6.45) is 1.25. The number of aromatic nitrogens is 1. The maximum atomic E-state index is 11.6. The molecule has 1 rings (SSSR count). The number of rotatable bonds is 4. The average molecular weight is 231 g/mol. The maximum absolute atomic E-state index is 11.6. The number of carbonyl (C=O) groups excluding carboxylic acids is 1. The molecule has 0 aliphatic carbocycles. The quantitative estimate of drug-likeness (QED) is 0.805. The highest BCUT2D eigenvalue weighted by molar-refractivity contribution is 6.21. The third kappa shape index (κ3) is 3.23. The maximum Gasteiger partial charge on any atom is 0.289 e. The van der Waals surface area contributed by atoms with E-state index in [1.165, 1.54) is 6.39 Å². The van der Waals surface area contributed by atoms with Gasteiger partial charge in [0.15, 0.2) is 6.39 Å². The van der Waals surface area contributed by atoms with E-state index in [0.717, 1.165) is 0 Å². The molecule has 0 saturated carbocycles. The van der Waals surface area contributed by atoms with Crippen LogP contribution in [-0.4, -0.2) is 22.8 Å². The lowest BCUT2D eigenvalue weighted by Crippen LogP contribution is -2.32. The Balaban J connectivity index is 2.47. The predicted octanol–water partition coefficient (Wildman–Crippen LogP) is 1.98. The van der Waals surface area contributed by atoms with Crippen LogP contribution in [-0.2, 0) is 0 Å². The molecule has 1 atom stereocenters. The Morgan fingerprint density at radius 1 is 1.67 bits per heavy atom. The second-order valence-corrected chi connectivity index (χ2v) is 4.30. The first-order chi connectivity index (χ1) is 7.02. The smallest absolute Gasteiger partial charge is 0.289 e. The molecule has 1 unspecified atom stereocenters.